The van der Waals surface area contributed by atoms with Crippen LogP contribution in [0, 0.1) is 6.92 Å². The predicted octanol–water partition coefficient (Wildman–Crippen LogP) is 2.10. The Hall–Kier alpha value is -2.14. The first-order chi connectivity index (χ1) is 9.97. The lowest BCUT2D eigenvalue weighted by atomic mass is 10.0. The molecule has 0 saturated carbocycles. The maximum Gasteiger partial charge on any atom is 0.335 e. The molecule has 21 heavy (non-hydrogen) atoms. The molecule has 112 valence electrons. The summed E-state index contributed by atoms with van der Waals surface area (Å²) in [7, 11) is 3.95. The number of carbonyl (C=O) groups is 1. The zero-order chi connectivity index (χ0) is 15.4. The van der Waals surface area contributed by atoms with Crippen LogP contribution in [0.4, 0.5) is 0 Å². The van der Waals surface area contributed by atoms with Gasteiger partial charge in [-0.25, -0.2) is 4.79 Å². The van der Waals surface area contributed by atoms with Gasteiger partial charge in [0.15, 0.2) is 0 Å². The fourth-order valence-corrected chi connectivity index (χ4v) is 2.43. The number of aryl methyl sites for hydroxylation is 2. The third-order valence-corrected chi connectivity index (χ3v) is 3.57. The van der Waals surface area contributed by atoms with Crippen LogP contribution in [-0.4, -0.2) is 39.3 Å². The minimum atomic E-state index is -0.864. The lowest BCUT2D eigenvalue weighted by Gasteiger charge is -2.16. The van der Waals surface area contributed by atoms with Crippen molar-refractivity contribution in [2.24, 2.45) is 7.05 Å². The molecular formula is C16H21N3O2. The number of carboxylic acid groups (broad SMARTS) is 1. The molecule has 2 rings (SSSR count). The molecule has 1 aromatic carbocycles. The zero-order valence-corrected chi connectivity index (χ0v) is 12.7. The van der Waals surface area contributed by atoms with E-state index in [1.54, 1.807) is 12.1 Å². The van der Waals surface area contributed by atoms with Crippen LogP contribution in [0.25, 0.3) is 0 Å². The molecule has 0 bridgehead atoms. The van der Waals surface area contributed by atoms with E-state index >= 15 is 0 Å². The Balaban J connectivity index is 1.97. The van der Waals surface area contributed by atoms with Gasteiger partial charge in [0.05, 0.1) is 11.3 Å². The average molecular weight is 287 g/mol. The van der Waals surface area contributed by atoms with Gasteiger partial charge < -0.3 is 10.0 Å². The molecule has 0 atom stereocenters. The van der Waals surface area contributed by atoms with Crippen LogP contribution < -0.4 is 0 Å². The van der Waals surface area contributed by atoms with Crippen LogP contribution in [0.5, 0.6) is 0 Å². The van der Waals surface area contributed by atoms with Crippen LogP contribution in [0.2, 0.25) is 0 Å². The number of carboxylic acids is 1. The zero-order valence-electron chi connectivity index (χ0n) is 12.7. The van der Waals surface area contributed by atoms with Crippen molar-refractivity contribution in [2.75, 3.05) is 13.6 Å². The van der Waals surface area contributed by atoms with E-state index in [4.69, 9.17) is 0 Å². The maximum absolute atomic E-state index is 11.2. The molecule has 5 heteroatoms. The Morgan fingerprint density at radius 1 is 1.33 bits per heavy atom. The normalized spacial score (nSPS) is 11.0. The van der Waals surface area contributed by atoms with Crippen LogP contribution >= 0.6 is 0 Å². The van der Waals surface area contributed by atoms with E-state index < -0.39 is 5.97 Å². The van der Waals surface area contributed by atoms with Crippen molar-refractivity contribution < 1.29 is 9.90 Å². The molecule has 0 aliphatic carbocycles. The van der Waals surface area contributed by atoms with E-state index in [1.807, 2.05) is 44.0 Å². The van der Waals surface area contributed by atoms with Gasteiger partial charge in [0.2, 0.25) is 0 Å². The molecule has 0 radical (unpaired) electrons. The molecule has 0 unspecified atom stereocenters. The van der Waals surface area contributed by atoms with Crippen molar-refractivity contribution in [3.05, 3.63) is 52.8 Å². The maximum atomic E-state index is 11.2. The Kier molecular flexibility index (Phi) is 4.75. The summed E-state index contributed by atoms with van der Waals surface area (Å²) in [6.45, 7) is 3.62. The van der Waals surface area contributed by atoms with Crippen molar-refractivity contribution in [1.82, 2.24) is 14.7 Å². The number of nitrogens with zero attached hydrogens (tertiary/aromatic N) is 3. The topological polar surface area (TPSA) is 58.4 Å². The van der Waals surface area contributed by atoms with E-state index in [9.17, 15) is 9.90 Å². The highest BCUT2D eigenvalue weighted by atomic mass is 16.4. The standard InChI is InChI=1S/C16H21N3O2/c1-12-14(11-19(3)17-12)10-18(2)9-8-13-6-4-5-7-15(13)16(20)21/h4-7,11H,8-10H2,1-3H3,(H,20,21). The van der Waals surface area contributed by atoms with Gasteiger partial charge in [-0.05, 0) is 32.0 Å². The number of aromatic carboxylic acids is 1. The molecule has 0 fully saturated rings. The van der Waals surface area contributed by atoms with E-state index in [-0.39, 0.29) is 0 Å². The molecule has 5 nitrogen and oxygen atoms in total. The summed E-state index contributed by atoms with van der Waals surface area (Å²) in [6, 6.07) is 7.18. The first-order valence-corrected chi connectivity index (χ1v) is 6.96. The lowest BCUT2D eigenvalue weighted by Crippen LogP contribution is -2.21. The second-order valence-corrected chi connectivity index (χ2v) is 5.36. The van der Waals surface area contributed by atoms with E-state index in [2.05, 4.69) is 10.00 Å². The minimum Gasteiger partial charge on any atom is -0.478 e. The summed E-state index contributed by atoms with van der Waals surface area (Å²) < 4.78 is 1.82. The minimum absolute atomic E-state index is 0.392. The average Bonchev–Trinajstić information content (AvgIpc) is 2.74. The Morgan fingerprint density at radius 3 is 2.67 bits per heavy atom. The van der Waals surface area contributed by atoms with Crippen molar-refractivity contribution in [2.45, 2.75) is 19.9 Å². The highest BCUT2D eigenvalue weighted by Crippen LogP contribution is 2.12. The third kappa shape index (κ3) is 3.92. The molecular weight excluding hydrogens is 266 g/mol. The smallest absolute Gasteiger partial charge is 0.335 e. The molecule has 0 spiro atoms. The van der Waals surface area contributed by atoms with E-state index in [0.717, 1.165) is 30.8 Å². The number of hydrogen-bond acceptors (Lipinski definition) is 3. The van der Waals surface area contributed by atoms with E-state index in [1.165, 1.54) is 5.56 Å². The van der Waals surface area contributed by atoms with Crippen LogP contribution in [0.15, 0.2) is 30.5 Å². The van der Waals surface area contributed by atoms with Gasteiger partial charge in [0, 0.05) is 31.9 Å². The van der Waals surface area contributed by atoms with Crippen LogP contribution in [0.1, 0.15) is 27.2 Å². The number of benzene rings is 1. The fourth-order valence-electron chi connectivity index (χ4n) is 2.43. The Morgan fingerprint density at radius 2 is 2.05 bits per heavy atom. The van der Waals surface area contributed by atoms with Gasteiger partial charge in [-0.1, -0.05) is 18.2 Å². The summed E-state index contributed by atoms with van der Waals surface area (Å²) in [5.74, 6) is -0.864. The van der Waals surface area contributed by atoms with Crippen molar-refractivity contribution in [1.29, 1.82) is 0 Å². The lowest BCUT2D eigenvalue weighted by molar-refractivity contribution is 0.0695. The van der Waals surface area contributed by atoms with E-state index in [0.29, 0.717) is 5.56 Å². The summed E-state index contributed by atoms with van der Waals surface area (Å²) in [5.41, 5.74) is 3.50. The molecule has 0 aliphatic heterocycles. The summed E-state index contributed by atoms with van der Waals surface area (Å²) in [5, 5.41) is 13.5. The highest BCUT2D eigenvalue weighted by Gasteiger charge is 2.11. The molecule has 1 heterocycles. The number of hydrogen-bond donors (Lipinski definition) is 1. The first kappa shape index (κ1) is 15.3. The summed E-state index contributed by atoms with van der Waals surface area (Å²) in [6.07, 6.45) is 2.75. The fraction of sp³-hybridized carbons (Fsp3) is 0.375. The third-order valence-electron chi connectivity index (χ3n) is 3.57. The molecule has 2 aromatic rings. The largest absolute Gasteiger partial charge is 0.478 e. The van der Waals surface area contributed by atoms with Gasteiger partial charge in [0.25, 0.3) is 0 Å². The second-order valence-electron chi connectivity index (χ2n) is 5.36. The molecule has 0 saturated heterocycles. The number of rotatable bonds is 6. The Bertz CT molecular complexity index is 634. The molecule has 0 aliphatic rings. The monoisotopic (exact) mass is 287 g/mol. The van der Waals surface area contributed by atoms with Crippen molar-refractivity contribution >= 4 is 5.97 Å². The predicted molar refractivity (Wildman–Crippen MR) is 81.4 cm³/mol. The quantitative estimate of drug-likeness (QED) is 0.884. The molecule has 0 amide bonds. The van der Waals surface area contributed by atoms with Crippen molar-refractivity contribution in [3.8, 4) is 0 Å². The van der Waals surface area contributed by atoms with Crippen LogP contribution in [0.3, 0.4) is 0 Å². The summed E-state index contributed by atoms with van der Waals surface area (Å²) in [4.78, 5) is 13.4. The van der Waals surface area contributed by atoms with Gasteiger partial charge in [-0.3, -0.25) is 4.68 Å². The van der Waals surface area contributed by atoms with Crippen LogP contribution in [-0.2, 0) is 20.0 Å². The highest BCUT2D eigenvalue weighted by molar-refractivity contribution is 5.89. The van der Waals surface area contributed by atoms with Gasteiger partial charge in [-0.2, -0.15) is 5.10 Å². The van der Waals surface area contributed by atoms with Gasteiger partial charge in [0.1, 0.15) is 0 Å². The van der Waals surface area contributed by atoms with Gasteiger partial charge in [-0.15, -0.1) is 0 Å². The SMILES string of the molecule is Cc1nn(C)cc1CN(C)CCc1ccccc1C(=O)O. The first-order valence-electron chi connectivity index (χ1n) is 6.96. The Labute approximate surface area is 124 Å². The summed E-state index contributed by atoms with van der Waals surface area (Å²) >= 11 is 0. The molecule has 1 N–H and O–H groups in total. The second kappa shape index (κ2) is 6.54. The van der Waals surface area contributed by atoms with Gasteiger partial charge >= 0.3 is 5.97 Å². The number of aromatic nitrogens is 2. The van der Waals surface area contributed by atoms with Crippen molar-refractivity contribution in [3.63, 3.8) is 0 Å². The number of likely N-dealkylation sites (N-methyl/N-ethyl adjacent to an activating group) is 1. The molecule has 1 aromatic heterocycles.